The molecule has 1 aliphatic heterocycles. The Kier molecular flexibility index (Phi) is 9.72. The first-order valence-corrected chi connectivity index (χ1v) is 12.5. The van der Waals surface area contributed by atoms with E-state index in [4.69, 9.17) is 4.74 Å². The maximum Gasteiger partial charge on any atom is 0.122 e. The lowest BCUT2D eigenvalue weighted by atomic mass is 9.96. The molecular weight excluding hydrogens is 402 g/mol. The Morgan fingerprint density at radius 1 is 0.968 bits per heavy atom. The highest BCUT2D eigenvalue weighted by Crippen LogP contribution is 2.35. The highest BCUT2D eigenvalue weighted by molar-refractivity contribution is 7.97. The van der Waals surface area contributed by atoms with Gasteiger partial charge in [0.15, 0.2) is 0 Å². The topological polar surface area (TPSA) is 27.7 Å². The van der Waals surface area contributed by atoms with Crippen LogP contribution in [0.5, 0.6) is 5.75 Å². The van der Waals surface area contributed by atoms with E-state index in [1.54, 1.807) is 11.9 Å². The molecule has 4 nitrogen and oxygen atoms in total. The van der Waals surface area contributed by atoms with Gasteiger partial charge in [0.05, 0.1) is 6.61 Å². The SMILES string of the molecule is Cc1c(OCCCN2CCCC2)cccc1-c1cccc(SNCCCN(C)C)c1C. The third-order valence-electron chi connectivity index (χ3n) is 6.00. The van der Waals surface area contributed by atoms with Gasteiger partial charge < -0.3 is 14.5 Å². The van der Waals surface area contributed by atoms with E-state index in [0.717, 1.165) is 44.8 Å². The van der Waals surface area contributed by atoms with E-state index >= 15 is 0 Å². The maximum absolute atomic E-state index is 6.19. The summed E-state index contributed by atoms with van der Waals surface area (Å²) in [6, 6.07) is 13.0. The molecule has 1 aliphatic rings. The highest BCUT2D eigenvalue weighted by atomic mass is 32.2. The van der Waals surface area contributed by atoms with Crippen molar-refractivity contribution >= 4 is 11.9 Å². The number of nitrogens with one attached hydrogen (secondary N) is 1. The van der Waals surface area contributed by atoms with Gasteiger partial charge in [0.2, 0.25) is 0 Å². The largest absolute Gasteiger partial charge is 0.493 e. The molecule has 0 atom stereocenters. The average molecular weight is 442 g/mol. The fraction of sp³-hybridized carbons (Fsp3) is 0.538. The molecule has 0 amide bonds. The molecule has 1 fully saturated rings. The molecule has 31 heavy (non-hydrogen) atoms. The molecule has 0 radical (unpaired) electrons. The fourth-order valence-corrected chi connectivity index (χ4v) is 4.96. The molecule has 1 saturated heterocycles. The number of benzene rings is 2. The van der Waals surface area contributed by atoms with Crippen LogP contribution in [0.1, 0.15) is 36.8 Å². The van der Waals surface area contributed by atoms with Gasteiger partial charge in [-0.2, -0.15) is 0 Å². The van der Waals surface area contributed by atoms with Gasteiger partial charge in [0.1, 0.15) is 5.75 Å². The average Bonchev–Trinajstić information content (AvgIpc) is 3.27. The molecule has 1 N–H and O–H groups in total. The van der Waals surface area contributed by atoms with Crippen LogP contribution in [-0.4, -0.2) is 63.2 Å². The predicted molar refractivity (Wildman–Crippen MR) is 134 cm³/mol. The van der Waals surface area contributed by atoms with Gasteiger partial charge in [0.25, 0.3) is 0 Å². The van der Waals surface area contributed by atoms with Gasteiger partial charge in [-0.3, -0.25) is 4.72 Å². The van der Waals surface area contributed by atoms with Crippen LogP contribution in [-0.2, 0) is 0 Å². The Morgan fingerprint density at radius 3 is 2.42 bits per heavy atom. The first-order valence-electron chi connectivity index (χ1n) is 11.7. The lowest BCUT2D eigenvalue weighted by Crippen LogP contribution is -2.22. The van der Waals surface area contributed by atoms with Gasteiger partial charge in [-0.15, -0.1) is 0 Å². The van der Waals surface area contributed by atoms with Crippen molar-refractivity contribution in [2.24, 2.45) is 0 Å². The van der Waals surface area contributed by atoms with Crippen molar-refractivity contribution in [1.29, 1.82) is 0 Å². The summed E-state index contributed by atoms with van der Waals surface area (Å²) in [5, 5.41) is 0. The Bertz CT molecular complexity index is 818. The number of likely N-dealkylation sites (tertiary alicyclic amines) is 1. The van der Waals surface area contributed by atoms with Crippen molar-refractivity contribution in [3.8, 4) is 16.9 Å². The second-order valence-electron chi connectivity index (χ2n) is 8.76. The molecule has 0 aromatic heterocycles. The zero-order valence-electron chi connectivity index (χ0n) is 19.7. The predicted octanol–water partition coefficient (Wildman–Crippen LogP) is 5.38. The zero-order chi connectivity index (χ0) is 22.1. The summed E-state index contributed by atoms with van der Waals surface area (Å²) in [5.41, 5.74) is 5.11. The van der Waals surface area contributed by atoms with Crippen molar-refractivity contribution in [2.45, 2.75) is 44.4 Å². The standard InChI is InChI=1S/C26H39N3OS/c1-21-23(11-7-13-25(21)30-20-10-19-29-17-5-6-18-29)24-12-8-14-26(22(24)2)31-27-15-9-16-28(3)4/h7-8,11-14,27H,5-6,9-10,15-20H2,1-4H3. The van der Waals surface area contributed by atoms with Crippen molar-refractivity contribution in [1.82, 2.24) is 14.5 Å². The summed E-state index contributed by atoms with van der Waals surface area (Å²) < 4.78 is 9.71. The van der Waals surface area contributed by atoms with Gasteiger partial charge >= 0.3 is 0 Å². The van der Waals surface area contributed by atoms with Gasteiger partial charge in [-0.05, 0) is 120 Å². The Morgan fingerprint density at radius 2 is 1.68 bits per heavy atom. The Hall–Kier alpha value is -1.53. The normalized spacial score (nSPS) is 14.5. The Balaban J connectivity index is 1.60. The van der Waals surface area contributed by atoms with E-state index in [-0.39, 0.29) is 0 Å². The third kappa shape index (κ3) is 7.25. The first kappa shape index (κ1) is 24.1. The summed E-state index contributed by atoms with van der Waals surface area (Å²) in [5.74, 6) is 1.01. The van der Waals surface area contributed by atoms with Crippen LogP contribution >= 0.6 is 11.9 Å². The van der Waals surface area contributed by atoms with Crippen molar-refractivity contribution < 1.29 is 4.74 Å². The number of hydrogen-bond donors (Lipinski definition) is 1. The van der Waals surface area contributed by atoms with Crippen molar-refractivity contribution in [3.05, 3.63) is 47.5 Å². The molecule has 0 unspecified atom stereocenters. The summed E-state index contributed by atoms with van der Waals surface area (Å²) in [6.45, 7) is 11.0. The first-order chi connectivity index (χ1) is 15.1. The Labute approximate surface area is 193 Å². The molecule has 2 aromatic rings. The lowest BCUT2D eigenvalue weighted by Gasteiger charge is -2.17. The van der Waals surface area contributed by atoms with E-state index in [0.29, 0.717) is 0 Å². The van der Waals surface area contributed by atoms with E-state index < -0.39 is 0 Å². The van der Waals surface area contributed by atoms with Crippen molar-refractivity contribution in [3.63, 3.8) is 0 Å². The maximum atomic E-state index is 6.19. The van der Waals surface area contributed by atoms with E-state index in [2.05, 4.69) is 78.9 Å². The fourth-order valence-electron chi connectivity index (χ4n) is 4.15. The summed E-state index contributed by atoms with van der Waals surface area (Å²) in [6.07, 6.45) is 4.94. The van der Waals surface area contributed by atoms with E-state index in [9.17, 15) is 0 Å². The second-order valence-corrected chi connectivity index (χ2v) is 9.69. The minimum Gasteiger partial charge on any atom is -0.493 e. The summed E-state index contributed by atoms with van der Waals surface area (Å²) in [4.78, 5) is 6.06. The second kappa shape index (κ2) is 12.5. The molecule has 0 aliphatic carbocycles. The van der Waals surface area contributed by atoms with E-state index in [1.807, 2.05) is 0 Å². The molecule has 3 rings (SSSR count). The van der Waals surface area contributed by atoms with Crippen LogP contribution in [0.2, 0.25) is 0 Å². The van der Waals surface area contributed by atoms with Crippen molar-refractivity contribution in [2.75, 3.05) is 53.4 Å². The molecule has 1 heterocycles. The summed E-state index contributed by atoms with van der Waals surface area (Å²) >= 11 is 1.74. The van der Waals surface area contributed by atoms with Crippen LogP contribution in [0.3, 0.4) is 0 Å². The number of nitrogens with zero attached hydrogens (tertiary/aromatic N) is 2. The molecule has 0 bridgehead atoms. The van der Waals surface area contributed by atoms with Gasteiger partial charge in [-0.25, -0.2) is 0 Å². The quantitative estimate of drug-likeness (QED) is 0.352. The van der Waals surface area contributed by atoms with Crippen LogP contribution in [0.15, 0.2) is 41.3 Å². The van der Waals surface area contributed by atoms with E-state index in [1.165, 1.54) is 53.1 Å². The van der Waals surface area contributed by atoms with Crippen LogP contribution in [0.25, 0.3) is 11.1 Å². The minimum absolute atomic E-state index is 0.784. The smallest absolute Gasteiger partial charge is 0.122 e. The van der Waals surface area contributed by atoms with Gasteiger partial charge in [-0.1, -0.05) is 24.3 Å². The molecule has 0 saturated carbocycles. The number of rotatable bonds is 12. The monoisotopic (exact) mass is 441 g/mol. The molecule has 2 aromatic carbocycles. The molecule has 5 heteroatoms. The highest BCUT2D eigenvalue weighted by Gasteiger charge is 2.13. The molecular formula is C26H39N3OS. The molecule has 170 valence electrons. The minimum atomic E-state index is 0.784. The van der Waals surface area contributed by atoms with Crippen LogP contribution in [0.4, 0.5) is 0 Å². The number of ether oxygens (including phenoxy) is 1. The van der Waals surface area contributed by atoms with Crippen LogP contribution < -0.4 is 9.46 Å². The van der Waals surface area contributed by atoms with Gasteiger partial charge in [0, 0.05) is 18.0 Å². The summed E-state index contributed by atoms with van der Waals surface area (Å²) in [7, 11) is 4.24. The molecule has 0 spiro atoms. The lowest BCUT2D eigenvalue weighted by molar-refractivity contribution is 0.262. The number of hydrogen-bond acceptors (Lipinski definition) is 5. The third-order valence-corrected chi connectivity index (χ3v) is 7.01. The van der Waals surface area contributed by atoms with Crippen LogP contribution in [0, 0.1) is 13.8 Å². The zero-order valence-corrected chi connectivity index (χ0v) is 20.6.